The van der Waals surface area contributed by atoms with Gasteiger partial charge in [0.25, 0.3) is 0 Å². The minimum absolute atomic E-state index is 0.0685. The van der Waals surface area contributed by atoms with Gasteiger partial charge in [0.2, 0.25) is 6.79 Å². The third kappa shape index (κ3) is 45.5. The first-order valence-electron chi connectivity index (χ1n) is 51.5. The van der Waals surface area contributed by atoms with Crippen LogP contribution in [0.4, 0.5) is 11.4 Å². The van der Waals surface area contributed by atoms with E-state index in [1.807, 2.05) is 61.9 Å². The molecule has 6 aliphatic carbocycles. The van der Waals surface area contributed by atoms with Gasteiger partial charge in [0, 0.05) is 55.4 Å². The fourth-order valence-electron chi connectivity index (χ4n) is 18.5. The summed E-state index contributed by atoms with van der Waals surface area (Å²) in [5.41, 5.74) is 18.4. The Morgan fingerprint density at radius 3 is 1.23 bits per heavy atom. The normalized spacial score (nSPS) is 16.0. The van der Waals surface area contributed by atoms with Crippen molar-refractivity contribution in [2.24, 2.45) is 17.8 Å². The summed E-state index contributed by atoms with van der Waals surface area (Å²) in [6, 6.07) is 89.7. The third-order valence-corrected chi connectivity index (χ3v) is 26.4. The lowest BCUT2D eigenvalue weighted by molar-refractivity contribution is 0.174. The van der Waals surface area contributed by atoms with E-state index in [0.29, 0.717) is 6.79 Å². The average Bonchev–Trinajstić information content (AvgIpc) is 0.887. The van der Waals surface area contributed by atoms with Gasteiger partial charge in [0.15, 0.2) is 11.5 Å². The lowest BCUT2D eigenvalue weighted by Gasteiger charge is -2.34. The molecular weight excluding hydrogens is 1550 g/mol. The van der Waals surface area contributed by atoms with E-state index < -0.39 is 0 Å². The van der Waals surface area contributed by atoms with Gasteiger partial charge >= 0.3 is 0 Å². The highest BCUT2D eigenvalue weighted by Gasteiger charge is 2.32. The number of ether oxygens (including phenoxy) is 2. The number of nitrogens with one attached hydrogen (secondary N) is 2. The highest BCUT2D eigenvalue weighted by molar-refractivity contribution is 5.53. The molecule has 0 atom stereocenters. The predicted octanol–water partition coefficient (Wildman–Crippen LogP) is 34.3. The molecule has 10 aromatic rings. The molecule has 694 valence electrons. The van der Waals surface area contributed by atoms with E-state index in [0.717, 1.165) is 80.9 Å². The summed E-state index contributed by atoms with van der Waals surface area (Å²) in [5.74, 6) is 4.78. The number of hydrogen-bond acceptors (Lipinski definition) is 6. The van der Waals surface area contributed by atoms with Crippen LogP contribution in [-0.4, -0.2) is 38.5 Å². The summed E-state index contributed by atoms with van der Waals surface area (Å²) in [6.45, 7) is 24.4. The topological polar surface area (TPSA) is 58.7 Å². The third-order valence-electron chi connectivity index (χ3n) is 26.4. The molecule has 128 heavy (non-hydrogen) atoms. The van der Waals surface area contributed by atoms with Crippen molar-refractivity contribution < 1.29 is 9.47 Å². The maximum atomic E-state index is 5.22. The smallest absolute Gasteiger partial charge is 0.231 e. The SMILES string of the molecule is C1CCCCC1.C1CCCCCC1.C=CCC(CCC)(c1ccccc1)c1ccccc1.CC1CCCCC1.CC1CCCCC1.CCc1ccc(C)cc1.CCc1ccc2c(c1)OCO2.CCc1ccncc1.CNCc1ccccc1.c1ccc(CC2CCCCC2)cc1.c1ccc(N2CCCCC2)cc1.c1ccc2c(c1)CCCC2.c1ccc2c(c1)CCCN2. The molecule has 6 heteroatoms. The molecule has 0 spiro atoms. The molecular formula is C122H174N4O2. The molecule has 0 amide bonds. The van der Waals surface area contributed by atoms with Gasteiger partial charge in [-0.2, -0.15) is 0 Å². The molecule has 2 N–H and O–H groups in total. The number of pyridine rings is 1. The average molecular weight is 1730 g/mol. The Morgan fingerprint density at radius 2 is 0.797 bits per heavy atom. The van der Waals surface area contributed by atoms with Gasteiger partial charge in [-0.05, 0) is 226 Å². The van der Waals surface area contributed by atoms with Crippen molar-refractivity contribution in [3.63, 3.8) is 0 Å². The van der Waals surface area contributed by atoms with Crippen LogP contribution in [0.2, 0.25) is 0 Å². The van der Waals surface area contributed by atoms with Gasteiger partial charge in [-0.1, -0.05) is 452 Å². The molecule has 9 aliphatic rings. The van der Waals surface area contributed by atoms with E-state index in [1.54, 1.807) is 11.1 Å². The fourth-order valence-corrected chi connectivity index (χ4v) is 18.5. The molecule has 0 radical (unpaired) electrons. The lowest BCUT2D eigenvalue weighted by Crippen LogP contribution is -2.29. The van der Waals surface area contributed by atoms with E-state index in [1.165, 1.54) is 319 Å². The zero-order valence-corrected chi connectivity index (χ0v) is 81.8. The Balaban J connectivity index is 0.000000192. The maximum Gasteiger partial charge on any atom is 0.231 e. The van der Waals surface area contributed by atoms with Gasteiger partial charge in [-0.15, -0.1) is 6.58 Å². The fraction of sp³-hybridized carbons (Fsp3) is 0.500. The van der Waals surface area contributed by atoms with E-state index in [9.17, 15) is 0 Å². The first kappa shape index (κ1) is 106. The summed E-state index contributed by atoms with van der Waals surface area (Å²) >= 11 is 0. The number of aromatic nitrogens is 1. The summed E-state index contributed by atoms with van der Waals surface area (Å²) in [5, 5.41) is 6.45. The van der Waals surface area contributed by atoms with Crippen molar-refractivity contribution in [1.82, 2.24) is 10.3 Å². The number of rotatable bonds is 14. The Kier molecular flexibility index (Phi) is 57.2. The van der Waals surface area contributed by atoms with E-state index in [2.05, 4.69) is 294 Å². The van der Waals surface area contributed by atoms with Crippen LogP contribution in [-0.2, 0) is 56.9 Å². The predicted molar refractivity (Wildman–Crippen MR) is 559 cm³/mol. The van der Waals surface area contributed by atoms with Crippen LogP contribution in [0.1, 0.15) is 340 Å². The van der Waals surface area contributed by atoms with E-state index >= 15 is 0 Å². The van der Waals surface area contributed by atoms with Crippen molar-refractivity contribution in [2.75, 3.05) is 43.7 Å². The van der Waals surface area contributed by atoms with E-state index in [4.69, 9.17) is 9.47 Å². The van der Waals surface area contributed by atoms with Gasteiger partial charge in [0.1, 0.15) is 0 Å². The molecule has 6 nitrogen and oxygen atoms in total. The molecule has 3 aliphatic heterocycles. The second-order valence-electron chi connectivity index (χ2n) is 37.0. The molecule has 1 aromatic heterocycles. The number of fused-ring (bicyclic) bond motifs is 3. The summed E-state index contributed by atoms with van der Waals surface area (Å²) in [6.07, 6.45) is 67.2. The Hall–Kier alpha value is -8.97. The van der Waals surface area contributed by atoms with Gasteiger partial charge in [-0.25, -0.2) is 0 Å². The number of anilines is 2. The van der Waals surface area contributed by atoms with Crippen LogP contribution in [0, 0.1) is 24.7 Å². The monoisotopic (exact) mass is 1730 g/mol. The van der Waals surface area contributed by atoms with Crippen LogP contribution in [0.3, 0.4) is 0 Å². The number of para-hydroxylation sites is 2. The molecule has 5 saturated carbocycles. The second kappa shape index (κ2) is 69.0. The molecule has 1 saturated heterocycles. The largest absolute Gasteiger partial charge is 0.454 e. The highest BCUT2D eigenvalue weighted by atomic mass is 16.7. The number of piperidine rings is 1. The standard InChI is InChI=1S/C19H22.C13H18.C11H15N.C10H12.C9H11N.C9H10O2.C9H12.C8H11N.C7H9N.3C7H14.C6H12/c1-3-15-19(16-4-2,17-11-7-5-8-12-17)18-13-9-6-10-14-18;1-3-7-12(8-4-1)11-13-9-5-2-6-10-13;1-3-7-11(8-4-1)12-9-5-2-6-10-12;1-2-6-10-8-4-3-7-9(10)5-1;1-2-6-9-8(4-1)5-3-7-10-9;1-2-7-3-4-8-9(5-7)11-6-10-8;1-3-9-6-4-8(2)5-7-9;1-9-7-8-5-3-2-4-6-8;1-2-7-3-5-8-6-4-7;2*1-7-5-3-2-4-6-7;1-2-4-6-7-5-3-1;1-2-4-6-5-3-1/h3,5-14H,1,4,15-16H2,2H3;1,3-4,7-8,13H,2,5-6,9-11H2;1,3-4,7-8H,2,5-6,9-10H2;1-2,5-6H,3-4,7-8H2;1-2,4,6,10H,3,5,7H2;3-5H,2,6H2,1H3;4-7H,3H2,1-2H3;2-6,9H,7H2,1H3;3-6H,2H2,1H3;2*7H,2-6H2,1H3;1-7H2;1-6H2. The number of hydrogen-bond donors (Lipinski definition) is 2. The molecule has 4 heterocycles. The summed E-state index contributed by atoms with van der Waals surface area (Å²) < 4.78 is 10.4. The zero-order chi connectivity index (χ0) is 90.5. The van der Waals surface area contributed by atoms with Crippen molar-refractivity contribution >= 4 is 11.4 Å². The zero-order valence-electron chi connectivity index (χ0n) is 81.8. The van der Waals surface area contributed by atoms with Crippen LogP contribution < -0.4 is 25.0 Å². The molecule has 0 unspecified atom stereocenters. The quantitative estimate of drug-likeness (QED) is 0.0836. The first-order chi connectivity index (χ1) is 63.1. The highest BCUT2D eigenvalue weighted by Crippen LogP contribution is 2.41. The Bertz CT molecular complexity index is 4050. The van der Waals surface area contributed by atoms with Gasteiger partial charge < -0.3 is 25.0 Å². The number of benzene rings is 9. The molecule has 9 aromatic carbocycles. The molecule has 0 bridgehead atoms. The Labute approximate surface area is 783 Å². The lowest BCUT2D eigenvalue weighted by atomic mass is 9.69. The summed E-state index contributed by atoms with van der Waals surface area (Å²) in [7, 11) is 1.95. The van der Waals surface area contributed by atoms with Crippen molar-refractivity contribution in [3.05, 3.63) is 341 Å². The Morgan fingerprint density at radius 1 is 0.398 bits per heavy atom. The second-order valence-corrected chi connectivity index (χ2v) is 37.0. The van der Waals surface area contributed by atoms with Crippen molar-refractivity contribution in [2.45, 2.75) is 343 Å². The van der Waals surface area contributed by atoms with Crippen LogP contribution in [0.15, 0.2) is 280 Å². The van der Waals surface area contributed by atoms with Gasteiger partial charge in [0.05, 0.1) is 0 Å². The minimum atomic E-state index is 0.0685. The van der Waals surface area contributed by atoms with Crippen LogP contribution in [0.25, 0.3) is 0 Å². The molecule has 6 fully saturated rings. The number of aryl methyl sites for hydroxylation is 7. The van der Waals surface area contributed by atoms with Crippen LogP contribution in [0.5, 0.6) is 11.5 Å². The number of nitrogens with zero attached hydrogens (tertiary/aromatic N) is 2. The summed E-state index contributed by atoms with van der Waals surface area (Å²) in [4.78, 5) is 6.37. The van der Waals surface area contributed by atoms with Crippen LogP contribution >= 0.6 is 0 Å². The van der Waals surface area contributed by atoms with Crippen molar-refractivity contribution in [1.29, 1.82) is 0 Å². The minimum Gasteiger partial charge on any atom is -0.454 e. The number of allylic oxidation sites excluding steroid dienone is 1. The molecule has 19 rings (SSSR count). The van der Waals surface area contributed by atoms with Gasteiger partial charge in [-0.3, -0.25) is 4.98 Å². The van der Waals surface area contributed by atoms with Crippen molar-refractivity contribution in [3.8, 4) is 11.5 Å². The maximum absolute atomic E-state index is 5.22. The van der Waals surface area contributed by atoms with E-state index in [-0.39, 0.29) is 5.41 Å². The first-order valence-corrected chi connectivity index (χ1v) is 51.5.